The van der Waals surface area contributed by atoms with Crippen LogP contribution >= 0.6 is 0 Å². The van der Waals surface area contributed by atoms with Crippen LogP contribution in [-0.2, 0) is 14.8 Å². The van der Waals surface area contributed by atoms with E-state index in [1.807, 2.05) is 10.3 Å². The van der Waals surface area contributed by atoms with Crippen molar-refractivity contribution in [3.8, 4) is 0 Å². The molecule has 0 fully saturated rings. The summed E-state index contributed by atoms with van der Waals surface area (Å²) in [6.07, 6.45) is 1.27. The normalized spacial score (nSPS) is 11.0. The Labute approximate surface area is 126 Å². The Bertz CT molecular complexity index is 783. The predicted molar refractivity (Wildman–Crippen MR) is 74.3 cm³/mol. The Balaban J connectivity index is 2.21. The molecule has 1 heterocycles. The molecular formula is C13H12N2O6S. The van der Waals surface area contributed by atoms with Crippen molar-refractivity contribution >= 4 is 21.9 Å². The molecule has 116 valence electrons. The maximum absolute atomic E-state index is 12.2. The number of furan rings is 1. The number of methoxy groups -OCH3 is 1. The van der Waals surface area contributed by atoms with Gasteiger partial charge in [-0.25, -0.2) is 13.2 Å². The molecule has 0 spiro atoms. The lowest BCUT2D eigenvalue weighted by Crippen LogP contribution is -2.41. The maximum atomic E-state index is 12.2. The standard InChI is InChI=1S/C13H12N2O6S/c1-20-13(17)9-5-2-3-7-11(9)22(18,19)15-14-12(16)10-6-4-8-21-10/h2-8,15H,1H3,(H,14,16). The first-order valence-corrected chi connectivity index (χ1v) is 7.47. The molecule has 22 heavy (non-hydrogen) atoms. The number of hydrogen-bond acceptors (Lipinski definition) is 6. The van der Waals surface area contributed by atoms with Crippen LogP contribution < -0.4 is 10.3 Å². The molecule has 0 aliphatic carbocycles. The van der Waals surface area contributed by atoms with E-state index in [0.717, 1.165) is 7.11 Å². The second-order valence-corrected chi connectivity index (χ2v) is 5.68. The zero-order chi connectivity index (χ0) is 16.2. The monoisotopic (exact) mass is 324 g/mol. The number of hydrazine groups is 1. The molecule has 0 saturated carbocycles. The van der Waals surface area contributed by atoms with Gasteiger partial charge in [0.05, 0.1) is 23.8 Å². The van der Waals surface area contributed by atoms with Crippen LogP contribution in [0.3, 0.4) is 0 Å². The third kappa shape index (κ3) is 3.32. The van der Waals surface area contributed by atoms with E-state index in [0.29, 0.717) is 0 Å². The van der Waals surface area contributed by atoms with Gasteiger partial charge in [-0.15, -0.1) is 4.83 Å². The molecule has 0 radical (unpaired) electrons. The number of amides is 1. The highest BCUT2D eigenvalue weighted by atomic mass is 32.2. The van der Waals surface area contributed by atoms with Gasteiger partial charge in [0, 0.05) is 0 Å². The van der Waals surface area contributed by atoms with Crippen LogP contribution in [0.15, 0.2) is 52.0 Å². The number of carbonyl (C=O) groups is 2. The summed E-state index contributed by atoms with van der Waals surface area (Å²) in [7, 11) is -3.02. The van der Waals surface area contributed by atoms with Crippen molar-refractivity contribution in [1.82, 2.24) is 10.3 Å². The van der Waals surface area contributed by atoms with Crippen molar-refractivity contribution in [1.29, 1.82) is 0 Å². The summed E-state index contributed by atoms with van der Waals surface area (Å²) in [5.41, 5.74) is 1.84. The average Bonchev–Trinajstić information content (AvgIpc) is 3.06. The fourth-order valence-corrected chi connectivity index (χ4v) is 2.65. The lowest BCUT2D eigenvalue weighted by molar-refractivity contribution is 0.0596. The van der Waals surface area contributed by atoms with Crippen LogP contribution in [0, 0.1) is 0 Å². The topological polar surface area (TPSA) is 115 Å². The summed E-state index contributed by atoms with van der Waals surface area (Å²) in [4.78, 5) is 24.8. The molecule has 0 saturated heterocycles. The molecule has 2 N–H and O–H groups in total. The van der Waals surface area contributed by atoms with Crippen LogP contribution in [0.1, 0.15) is 20.9 Å². The molecule has 0 unspecified atom stereocenters. The van der Waals surface area contributed by atoms with E-state index < -0.39 is 21.9 Å². The molecule has 9 heteroatoms. The van der Waals surface area contributed by atoms with E-state index >= 15 is 0 Å². The Morgan fingerprint density at radius 2 is 1.86 bits per heavy atom. The van der Waals surface area contributed by atoms with Gasteiger partial charge in [-0.1, -0.05) is 12.1 Å². The molecule has 2 aromatic rings. The van der Waals surface area contributed by atoms with Gasteiger partial charge < -0.3 is 9.15 Å². The van der Waals surface area contributed by atoms with Gasteiger partial charge in [0.15, 0.2) is 5.76 Å². The van der Waals surface area contributed by atoms with E-state index in [9.17, 15) is 18.0 Å². The van der Waals surface area contributed by atoms with Crippen LogP contribution in [0.25, 0.3) is 0 Å². The zero-order valence-electron chi connectivity index (χ0n) is 11.4. The average molecular weight is 324 g/mol. The van der Waals surface area contributed by atoms with E-state index in [4.69, 9.17) is 4.42 Å². The molecule has 2 rings (SSSR count). The minimum Gasteiger partial charge on any atom is -0.465 e. The molecule has 8 nitrogen and oxygen atoms in total. The zero-order valence-corrected chi connectivity index (χ0v) is 12.2. The highest BCUT2D eigenvalue weighted by molar-refractivity contribution is 7.89. The fraction of sp³-hybridized carbons (Fsp3) is 0.0769. The van der Waals surface area contributed by atoms with E-state index in [-0.39, 0.29) is 16.2 Å². The van der Waals surface area contributed by atoms with Gasteiger partial charge in [-0.2, -0.15) is 0 Å². The lowest BCUT2D eigenvalue weighted by Gasteiger charge is -2.10. The molecule has 0 atom stereocenters. The van der Waals surface area contributed by atoms with Crippen LogP contribution in [0.2, 0.25) is 0 Å². The van der Waals surface area contributed by atoms with Gasteiger partial charge in [-0.05, 0) is 24.3 Å². The van der Waals surface area contributed by atoms with Gasteiger partial charge in [0.2, 0.25) is 0 Å². The Hall–Kier alpha value is -2.65. The molecule has 0 aliphatic heterocycles. The number of nitrogens with one attached hydrogen (secondary N) is 2. The Kier molecular flexibility index (Phi) is 4.59. The van der Waals surface area contributed by atoms with Crippen molar-refractivity contribution in [3.63, 3.8) is 0 Å². The van der Waals surface area contributed by atoms with Gasteiger partial charge in [0.1, 0.15) is 0 Å². The first-order chi connectivity index (χ1) is 10.5. The van der Waals surface area contributed by atoms with E-state index in [1.165, 1.54) is 42.7 Å². The Morgan fingerprint density at radius 1 is 1.14 bits per heavy atom. The number of carbonyl (C=O) groups excluding carboxylic acids is 2. The second-order valence-electron chi connectivity index (χ2n) is 4.02. The van der Waals surface area contributed by atoms with Crippen LogP contribution in [-0.4, -0.2) is 27.4 Å². The summed E-state index contributed by atoms with van der Waals surface area (Å²) in [5, 5.41) is 0. The fourth-order valence-electron chi connectivity index (χ4n) is 1.62. The minimum absolute atomic E-state index is 0.0658. The SMILES string of the molecule is COC(=O)c1ccccc1S(=O)(=O)NNC(=O)c1ccco1. The molecule has 1 aromatic heterocycles. The number of rotatable bonds is 5. The summed E-state index contributed by atoms with van der Waals surface area (Å²) in [5.74, 6) is -1.65. The first-order valence-electron chi connectivity index (χ1n) is 5.98. The number of esters is 1. The van der Waals surface area contributed by atoms with Crippen LogP contribution in [0.5, 0.6) is 0 Å². The highest BCUT2D eigenvalue weighted by Gasteiger charge is 2.23. The summed E-state index contributed by atoms with van der Waals surface area (Å²) < 4.78 is 33.7. The van der Waals surface area contributed by atoms with Crippen molar-refractivity contribution < 1.29 is 27.2 Å². The van der Waals surface area contributed by atoms with Gasteiger partial charge in [-0.3, -0.25) is 10.2 Å². The smallest absolute Gasteiger partial charge is 0.339 e. The minimum atomic E-state index is -4.16. The molecule has 1 amide bonds. The summed E-state index contributed by atoms with van der Waals surface area (Å²) in [6, 6.07) is 8.30. The summed E-state index contributed by atoms with van der Waals surface area (Å²) >= 11 is 0. The van der Waals surface area contributed by atoms with Crippen molar-refractivity contribution in [2.24, 2.45) is 0 Å². The highest BCUT2D eigenvalue weighted by Crippen LogP contribution is 2.15. The molecule has 0 bridgehead atoms. The predicted octanol–water partition coefficient (Wildman–Crippen LogP) is 0.689. The number of hydrogen-bond donors (Lipinski definition) is 2. The second kappa shape index (κ2) is 6.41. The van der Waals surface area contributed by atoms with Crippen LogP contribution in [0.4, 0.5) is 0 Å². The third-order valence-corrected chi connectivity index (χ3v) is 3.93. The van der Waals surface area contributed by atoms with Crippen molar-refractivity contribution in [2.75, 3.05) is 7.11 Å². The maximum Gasteiger partial charge on any atom is 0.339 e. The largest absolute Gasteiger partial charge is 0.465 e. The number of benzene rings is 1. The molecule has 0 aliphatic rings. The van der Waals surface area contributed by atoms with E-state index in [2.05, 4.69) is 4.74 Å². The summed E-state index contributed by atoms with van der Waals surface area (Å²) in [6.45, 7) is 0. The van der Waals surface area contributed by atoms with Crippen molar-refractivity contribution in [2.45, 2.75) is 4.90 Å². The number of ether oxygens (including phenoxy) is 1. The molecular weight excluding hydrogens is 312 g/mol. The first kappa shape index (κ1) is 15.7. The van der Waals surface area contributed by atoms with Gasteiger partial charge >= 0.3 is 11.9 Å². The quantitative estimate of drug-likeness (QED) is 0.618. The van der Waals surface area contributed by atoms with Crippen molar-refractivity contribution in [3.05, 3.63) is 54.0 Å². The Morgan fingerprint density at radius 3 is 2.50 bits per heavy atom. The number of sulfonamides is 1. The third-order valence-electron chi connectivity index (χ3n) is 2.63. The van der Waals surface area contributed by atoms with Gasteiger partial charge in [0.25, 0.3) is 10.0 Å². The van der Waals surface area contributed by atoms with E-state index in [1.54, 1.807) is 0 Å². The lowest BCUT2D eigenvalue weighted by atomic mass is 10.2. The molecule has 1 aromatic carbocycles.